The van der Waals surface area contributed by atoms with E-state index in [4.69, 9.17) is 26.4 Å². The first kappa shape index (κ1) is 19.4. The van der Waals surface area contributed by atoms with Crippen LogP contribution in [0.1, 0.15) is 16.8 Å². The molecule has 0 aromatic heterocycles. The Morgan fingerprint density at radius 2 is 1.84 bits per heavy atom. The number of carbonyl (C=O) groups is 1. The lowest BCUT2D eigenvalue weighted by molar-refractivity contribution is 0.0376. The highest BCUT2D eigenvalue weighted by molar-refractivity contribution is 7.80. The Kier molecular flexibility index (Phi) is 7.90. The van der Waals surface area contributed by atoms with E-state index in [9.17, 15) is 4.79 Å². The minimum absolute atomic E-state index is 0.303. The molecule has 0 aliphatic carbocycles. The molecule has 7 nitrogen and oxygen atoms in total. The fourth-order valence-corrected chi connectivity index (χ4v) is 2.68. The van der Waals surface area contributed by atoms with Crippen LogP contribution in [0.15, 0.2) is 18.2 Å². The van der Waals surface area contributed by atoms with Crippen LogP contribution in [0.3, 0.4) is 0 Å². The Hall–Kier alpha value is -1.90. The number of methoxy groups -OCH3 is 2. The second kappa shape index (κ2) is 10.2. The van der Waals surface area contributed by atoms with Gasteiger partial charge in [0.05, 0.1) is 27.4 Å². The molecule has 0 unspecified atom stereocenters. The monoisotopic (exact) mass is 367 g/mol. The van der Waals surface area contributed by atoms with Gasteiger partial charge in [0, 0.05) is 31.3 Å². The predicted octanol–water partition coefficient (Wildman–Crippen LogP) is 1.03. The van der Waals surface area contributed by atoms with Crippen LogP contribution < -0.4 is 20.1 Å². The molecule has 0 saturated carbocycles. The lowest BCUT2D eigenvalue weighted by Crippen LogP contribution is -2.41. The normalized spacial score (nSPS) is 14.6. The third-order valence-electron chi connectivity index (χ3n) is 3.88. The Morgan fingerprint density at radius 1 is 1.20 bits per heavy atom. The van der Waals surface area contributed by atoms with E-state index in [0.29, 0.717) is 28.7 Å². The molecule has 1 aromatic rings. The SMILES string of the molecule is COc1cc(OC)cc(C(=O)NC(=S)NCCCN2CCOCC2)c1. The molecule has 0 radical (unpaired) electrons. The molecular weight excluding hydrogens is 342 g/mol. The molecule has 1 aromatic carbocycles. The number of rotatable bonds is 7. The summed E-state index contributed by atoms with van der Waals surface area (Å²) < 4.78 is 15.7. The van der Waals surface area contributed by atoms with E-state index < -0.39 is 0 Å². The lowest BCUT2D eigenvalue weighted by Gasteiger charge is -2.26. The van der Waals surface area contributed by atoms with Crippen molar-refractivity contribution in [1.82, 2.24) is 15.5 Å². The number of nitrogens with zero attached hydrogens (tertiary/aromatic N) is 1. The Balaban J connectivity index is 1.75. The van der Waals surface area contributed by atoms with E-state index in [-0.39, 0.29) is 5.91 Å². The maximum atomic E-state index is 12.3. The van der Waals surface area contributed by atoms with Crippen LogP contribution in [0.25, 0.3) is 0 Å². The van der Waals surface area contributed by atoms with Gasteiger partial charge in [-0.15, -0.1) is 0 Å². The van der Waals surface area contributed by atoms with Crippen LogP contribution in [-0.4, -0.2) is 69.5 Å². The van der Waals surface area contributed by atoms with Crippen molar-refractivity contribution in [1.29, 1.82) is 0 Å². The van der Waals surface area contributed by atoms with E-state index in [0.717, 1.165) is 39.3 Å². The highest BCUT2D eigenvalue weighted by Gasteiger charge is 2.12. The summed E-state index contributed by atoms with van der Waals surface area (Å²) in [4.78, 5) is 14.7. The van der Waals surface area contributed by atoms with Crippen LogP contribution in [0.5, 0.6) is 11.5 Å². The zero-order valence-corrected chi connectivity index (χ0v) is 15.5. The minimum atomic E-state index is -0.303. The van der Waals surface area contributed by atoms with Crippen molar-refractivity contribution in [2.75, 3.05) is 53.6 Å². The van der Waals surface area contributed by atoms with E-state index in [1.165, 1.54) is 14.2 Å². The number of benzene rings is 1. The van der Waals surface area contributed by atoms with Gasteiger partial charge in [0.25, 0.3) is 5.91 Å². The predicted molar refractivity (Wildman–Crippen MR) is 99.5 cm³/mol. The summed E-state index contributed by atoms with van der Waals surface area (Å²) in [5.41, 5.74) is 0.425. The molecule has 1 heterocycles. The first-order chi connectivity index (χ1) is 12.1. The summed E-state index contributed by atoms with van der Waals surface area (Å²) in [7, 11) is 3.08. The summed E-state index contributed by atoms with van der Waals surface area (Å²) in [5.74, 6) is 0.797. The van der Waals surface area contributed by atoms with Gasteiger partial charge in [0.15, 0.2) is 5.11 Å². The molecule has 0 atom stereocenters. The summed E-state index contributed by atoms with van der Waals surface area (Å²) >= 11 is 5.18. The highest BCUT2D eigenvalue weighted by Crippen LogP contribution is 2.22. The smallest absolute Gasteiger partial charge is 0.257 e. The fourth-order valence-electron chi connectivity index (χ4n) is 2.49. The molecule has 2 N–H and O–H groups in total. The number of amides is 1. The minimum Gasteiger partial charge on any atom is -0.497 e. The average Bonchev–Trinajstić information content (AvgIpc) is 2.65. The third-order valence-corrected chi connectivity index (χ3v) is 4.13. The van der Waals surface area contributed by atoms with Gasteiger partial charge in [-0.2, -0.15) is 0 Å². The molecule has 8 heteroatoms. The van der Waals surface area contributed by atoms with E-state index in [2.05, 4.69) is 15.5 Å². The quantitative estimate of drug-likeness (QED) is 0.551. The van der Waals surface area contributed by atoms with Gasteiger partial charge in [-0.25, -0.2) is 0 Å². The second-order valence-electron chi connectivity index (χ2n) is 5.62. The molecule has 25 heavy (non-hydrogen) atoms. The number of ether oxygens (including phenoxy) is 3. The summed E-state index contributed by atoms with van der Waals surface area (Å²) in [6, 6.07) is 4.98. The van der Waals surface area contributed by atoms with Gasteiger partial charge in [-0.1, -0.05) is 0 Å². The van der Waals surface area contributed by atoms with E-state index in [1.807, 2.05) is 0 Å². The van der Waals surface area contributed by atoms with Crippen molar-refractivity contribution in [3.05, 3.63) is 23.8 Å². The standard InChI is InChI=1S/C17H25N3O4S/c1-22-14-10-13(11-15(12-14)23-2)16(21)19-17(25)18-4-3-5-20-6-8-24-9-7-20/h10-12H,3-9H2,1-2H3,(H2,18,19,21,25). The van der Waals surface area contributed by atoms with Gasteiger partial charge in [-0.05, 0) is 37.3 Å². The van der Waals surface area contributed by atoms with Crippen molar-refractivity contribution in [3.63, 3.8) is 0 Å². The molecule has 2 rings (SSSR count). The summed E-state index contributed by atoms with van der Waals surface area (Å²) in [6.07, 6.45) is 0.947. The largest absolute Gasteiger partial charge is 0.497 e. The third kappa shape index (κ3) is 6.49. The van der Waals surface area contributed by atoms with Crippen LogP contribution in [0.2, 0.25) is 0 Å². The first-order valence-electron chi connectivity index (χ1n) is 8.24. The molecule has 1 aliphatic rings. The Morgan fingerprint density at radius 3 is 2.44 bits per heavy atom. The first-order valence-corrected chi connectivity index (χ1v) is 8.65. The van der Waals surface area contributed by atoms with Gasteiger partial charge in [-0.3, -0.25) is 15.0 Å². The maximum absolute atomic E-state index is 12.3. The number of hydrogen-bond donors (Lipinski definition) is 2. The number of carbonyl (C=O) groups excluding carboxylic acids is 1. The summed E-state index contributed by atoms with van der Waals surface area (Å²) in [6.45, 7) is 5.23. The lowest BCUT2D eigenvalue weighted by atomic mass is 10.2. The van der Waals surface area contributed by atoms with Gasteiger partial charge in [0.1, 0.15) is 11.5 Å². The zero-order chi connectivity index (χ0) is 18.1. The van der Waals surface area contributed by atoms with Crippen LogP contribution in [0, 0.1) is 0 Å². The van der Waals surface area contributed by atoms with Crippen molar-refractivity contribution in [2.45, 2.75) is 6.42 Å². The number of thiocarbonyl (C=S) groups is 1. The fraction of sp³-hybridized carbons (Fsp3) is 0.529. The van der Waals surface area contributed by atoms with Crippen LogP contribution in [0.4, 0.5) is 0 Å². The van der Waals surface area contributed by atoms with E-state index in [1.54, 1.807) is 18.2 Å². The highest BCUT2D eigenvalue weighted by atomic mass is 32.1. The Labute approximate surface area is 153 Å². The van der Waals surface area contributed by atoms with Gasteiger partial charge >= 0.3 is 0 Å². The van der Waals surface area contributed by atoms with Gasteiger partial charge < -0.3 is 19.5 Å². The molecule has 0 bridgehead atoms. The average molecular weight is 367 g/mol. The number of morpholine rings is 1. The number of hydrogen-bond acceptors (Lipinski definition) is 6. The topological polar surface area (TPSA) is 72.1 Å². The van der Waals surface area contributed by atoms with Crippen LogP contribution in [-0.2, 0) is 4.74 Å². The van der Waals surface area contributed by atoms with Crippen LogP contribution >= 0.6 is 12.2 Å². The Bertz CT molecular complexity index is 569. The molecular formula is C17H25N3O4S. The van der Waals surface area contributed by atoms with Crippen molar-refractivity contribution in [3.8, 4) is 11.5 Å². The van der Waals surface area contributed by atoms with Gasteiger partial charge in [0.2, 0.25) is 0 Å². The van der Waals surface area contributed by atoms with Crippen molar-refractivity contribution < 1.29 is 19.0 Å². The number of nitrogens with one attached hydrogen (secondary N) is 2. The summed E-state index contributed by atoms with van der Waals surface area (Å²) in [5, 5.41) is 6.05. The second-order valence-corrected chi connectivity index (χ2v) is 6.03. The maximum Gasteiger partial charge on any atom is 0.257 e. The molecule has 0 spiro atoms. The van der Waals surface area contributed by atoms with Crippen molar-refractivity contribution in [2.24, 2.45) is 0 Å². The molecule has 1 aliphatic heterocycles. The molecule has 1 saturated heterocycles. The molecule has 1 amide bonds. The molecule has 1 fully saturated rings. The zero-order valence-electron chi connectivity index (χ0n) is 14.7. The van der Waals surface area contributed by atoms with E-state index >= 15 is 0 Å². The molecule has 138 valence electrons. The van der Waals surface area contributed by atoms with Crippen molar-refractivity contribution >= 4 is 23.2 Å².